The first-order valence-corrected chi connectivity index (χ1v) is 7.22. The molecule has 0 amide bonds. The molecule has 0 aliphatic rings. The number of carbonyl (C=O) groups is 1. The van der Waals surface area contributed by atoms with Crippen LogP contribution in [0.3, 0.4) is 0 Å². The Kier molecular flexibility index (Phi) is 6.07. The Balaban J connectivity index is 2.97. The van der Waals surface area contributed by atoms with Gasteiger partial charge >= 0.3 is 0 Å². The molecule has 0 aromatic heterocycles. The maximum Gasteiger partial charge on any atom is 0.129 e. The van der Waals surface area contributed by atoms with Crippen LogP contribution >= 0.6 is 0 Å². The fourth-order valence-electron chi connectivity index (χ4n) is 2.52. The molecule has 0 saturated heterocycles. The van der Waals surface area contributed by atoms with Gasteiger partial charge in [0.2, 0.25) is 0 Å². The molecular formula is C17H26O2. The van der Waals surface area contributed by atoms with Crippen molar-refractivity contribution in [1.82, 2.24) is 0 Å². The summed E-state index contributed by atoms with van der Waals surface area (Å²) in [5, 5.41) is 0. The minimum atomic E-state index is 0.277. The van der Waals surface area contributed by atoms with Gasteiger partial charge in [0.1, 0.15) is 11.5 Å². The molecule has 1 unspecified atom stereocenters. The van der Waals surface area contributed by atoms with Gasteiger partial charge in [-0.15, -0.1) is 0 Å². The van der Waals surface area contributed by atoms with Crippen LogP contribution in [-0.4, -0.2) is 12.4 Å². The lowest BCUT2D eigenvalue weighted by molar-refractivity contribution is -0.117. The monoisotopic (exact) mass is 262 g/mol. The van der Waals surface area contributed by atoms with Gasteiger partial charge in [-0.2, -0.15) is 0 Å². The molecule has 1 rings (SSSR count). The predicted molar refractivity (Wildman–Crippen MR) is 80.0 cm³/mol. The summed E-state index contributed by atoms with van der Waals surface area (Å²) < 4.78 is 5.63. The van der Waals surface area contributed by atoms with Crippen LogP contribution in [0.2, 0.25) is 0 Å². The van der Waals surface area contributed by atoms with E-state index in [-0.39, 0.29) is 5.78 Å². The summed E-state index contributed by atoms with van der Waals surface area (Å²) in [5.74, 6) is 1.72. The van der Waals surface area contributed by atoms with Crippen LogP contribution in [0, 0.1) is 13.8 Å². The topological polar surface area (TPSA) is 26.3 Å². The van der Waals surface area contributed by atoms with Gasteiger partial charge in [0, 0.05) is 6.42 Å². The molecular weight excluding hydrogens is 236 g/mol. The summed E-state index contributed by atoms with van der Waals surface area (Å²) in [6.07, 6.45) is 2.69. The number of rotatable bonds is 7. The van der Waals surface area contributed by atoms with Crippen LogP contribution in [0.25, 0.3) is 0 Å². The molecule has 0 bridgehead atoms. The highest BCUT2D eigenvalue weighted by Crippen LogP contribution is 2.32. The van der Waals surface area contributed by atoms with Crippen molar-refractivity contribution in [3.8, 4) is 5.75 Å². The van der Waals surface area contributed by atoms with Gasteiger partial charge in [-0.3, -0.25) is 0 Å². The first kappa shape index (κ1) is 15.7. The van der Waals surface area contributed by atoms with Crippen LogP contribution in [0.1, 0.15) is 62.6 Å². The van der Waals surface area contributed by atoms with E-state index in [1.165, 1.54) is 16.7 Å². The van der Waals surface area contributed by atoms with E-state index in [0.717, 1.165) is 18.6 Å². The van der Waals surface area contributed by atoms with E-state index in [2.05, 4.69) is 32.9 Å². The highest BCUT2D eigenvalue weighted by molar-refractivity contribution is 5.75. The second-order valence-electron chi connectivity index (χ2n) is 5.25. The number of Topliss-reactive ketones (excluding diaryl/α,β-unsaturated/α-hetero) is 1. The molecule has 106 valence electrons. The van der Waals surface area contributed by atoms with E-state index in [1.54, 1.807) is 6.92 Å². The number of benzene rings is 1. The Morgan fingerprint density at radius 1 is 1.21 bits per heavy atom. The Labute approximate surface area is 117 Å². The fraction of sp³-hybridized carbons (Fsp3) is 0.588. The summed E-state index contributed by atoms with van der Waals surface area (Å²) in [6.45, 7) is 10.8. The average Bonchev–Trinajstić information content (AvgIpc) is 2.35. The molecule has 1 atom stereocenters. The lowest BCUT2D eigenvalue weighted by atomic mass is 9.87. The summed E-state index contributed by atoms with van der Waals surface area (Å²) >= 11 is 0. The predicted octanol–water partition coefficient (Wildman–Crippen LogP) is 4.56. The van der Waals surface area contributed by atoms with Crippen LogP contribution in [0.4, 0.5) is 0 Å². The van der Waals surface area contributed by atoms with Crippen molar-refractivity contribution in [2.45, 2.75) is 59.8 Å². The molecule has 0 radical (unpaired) electrons. The summed E-state index contributed by atoms with van der Waals surface area (Å²) in [5.41, 5.74) is 3.82. The molecule has 2 nitrogen and oxygen atoms in total. The van der Waals surface area contributed by atoms with Crippen LogP contribution in [0.15, 0.2) is 12.1 Å². The summed E-state index contributed by atoms with van der Waals surface area (Å²) in [7, 11) is 0. The fourth-order valence-corrected chi connectivity index (χ4v) is 2.52. The zero-order chi connectivity index (χ0) is 14.4. The number of hydrogen-bond acceptors (Lipinski definition) is 2. The maximum atomic E-state index is 11.2. The highest BCUT2D eigenvalue weighted by atomic mass is 16.5. The highest BCUT2D eigenvalue weighted by Gasteiger charge is 2.15. The standard InChI is InChI=1S/C17H26O2/c1-6-15(9-8-14(5)18)16-10-13(4)17(19-7-2)11-12(16)3/h10-11,15H,6-9H2,1-5H3. The molecule has 0 fully saturated rings. The van der Waals surface area contributed by atoms with Crippen molar-refractivity contribution < 1.29 is 9.53 Å². The molecule has 1 aromatic carbocycles. The van der Waals surface area contributed by atoms with Gasteiger partial charge in [-0.05, 0) is 69.2 Å². The minimum Gasteiger partial charge on any atom is -0.494 e. The van der Waals surface area contributed by atoms with Gasteiger partial charge in [0.05, 0.1) is 6.61 Å². The van der Waals surface area contributed by atoms with E-state index >= 15 is 0 Å². The van der Waals surface area contributed by atoms with E-state index in [1.807, 2.05) is 6.92 Å². The molecule has 0 aliphatic carbocycles. The van der Waals surface area contributed by atoms with Crippen LogP contribution in [0.5, 0.6) is 5.75 Å². The molecule has 1 aromatic rings. The second-order valence-corrected chi connectivity index (χ2v) is 5.25. The third kappa shape index (κ3) is 4.38. The largest absolute Gasteiger partial charge is 0.494 e. The number of aryl methyl sites for hydroxylation is 2. The van der Waals surface area contributed by atoms with Gasteiger partial charge in [-0.25, -0.2) is 0 Å². The van der Waals surface area contributed by atoms with E-state index in [4.69, 9.17) is 4.74 Å². The molecule has 19 heavy (non-hydrogen) atoms. The Morgan fingerprint density at radius 2 is 1.89 bits per heavy atom. The Bertz CT molecular complexity index is 435. The summed E-state index contributed by atoms with van der Waals surface area (Å²) in [6, 6.07) is 4.36. The van der Waals surface area contributed by atoms with Gasteiger partial charge in [0.25, 0.3) is 0 Å². The van der Waals surface area contributed by atoms with Gasteiger partial charge in [0.15, 0.2) is 0 Å². The molecule has 0 heterocycles. The zero-order valence-electron chi connectivity index (χ0n) is 12.9. The Morgan fingerprint density at radius 3 is 2.42 bits per heavy atom. The number of ketones is 1. The lowest BCUT2D eigenvalue weighted by Gasteiger charge is -2.19. The number of carbonyl (C=O) groups excluding carboxylic acids is 1. The zero-order valence-corrected chi connectivity index (χ0v) is 12.9. The van der Waals surface area contributed by atoms with E-state index < -0.39 is 0 Å². The Hall–Kier alpha value is -1.31. The van der Waals surface area contributed by atoms with Gasteiger partial charge < -0.3 is 9.53 Å². The number of hydrogen-bond donors (Lipinski definition) is 0. The number of ether oxygens (including phenoxy) is 1. The van der Waals surface area contributed by atoms with Crippen molar-refractivity contribution in [3.05, 3.63) is 28.8 Å². The van der Waals surface area contributed by atoms with Crippen molar-refractivity contribution in [1.29, 1.82) is 0 Å². The van der Waals surface area contributed by atoms with Crippen molar-refractivity contribution >= 4 is 5.78 Å². The van der Waals surface area contributed by atoms with E-state index in [9.17, 15) is 4.79 Å². The van der Waals surface area contributed by atoms with Gasteiger partial charge in [-0.1, -0.05) is 13.0 Å². The molecule has 0 N–H and O–H groups in total. The smallest absolute Gasteiger partial charge is 0.129 e. The SMILES string of the molecule is CCOc1cc(C)c(C(CC)CCC(C)=O)cc1C. The van der Waals surface area contributed by atoms with E-state index in [0.29, 0.717) is 18.9 Å². The van der Waals surface area contributed by atoms with Crippen LogP contribution < -0.4 is 4.74 Å². The quantitative estimate of drug-likeness (QED) is 0.719. The van der Waals surface area contributed by atoms with Crippen molar-refractivity contribution in [2.75, 3.05) is 6.61 Å². The average molecular weight is 262 g/mol. The maximum absolute atomic E-state index is 11.2. The first-order chi connectivity index (χ1) is 8.99. The summed E-state index contributed by atoms with van der Waals surface area (Å²) in [4.78, 5) is 11.2. The third-order valence-electron chi connectivity index (χ3n) is 3.64. The third-order valence-corrected chi connectivity index (χ3v) is 3.64. The molecule has 0 saturated carbocycles. The molecule has 0 spiro atoms. The minimum absolute atomic E-state index is 0.277. The molecule has 0 aliphatic heterocycles. The molecule has 2 heteroatoms. The van der Waals surface area contributed by atoms with Crippen molar-refractivity contribution in [2.24, 2.45) is 0 Å². The van der Waals surface area contributed by atoms with Crippen molar-refractivity contribution in [3.63, 3.8) is 0 Å². The second kappa shape index (κ2) is 7.32. The lowest BCUT2D eigenvalue weighted by Crippen LogP contribution is -2.05. The van der Waals surface area contributed by atoms with Crippen LogP contribution in [-0.2, 0) is 4.79 Å². The normalized spacial score (nSPS) is 12.3. The first-order valence-electron chi connectivity index (χ1n) is 7.22.